The van der Waals surface area contributed by atoms with E-state index in [1.54, 1.807) is 0 Å². The molecule has 4 N–H and O–H groups in total. The van der Waals surface area contributed by atoms with Gasteiger partial charge in [0.05, 0.1) is 18.3 Å². The highest BCUT2D eigenvalue weighted by Crippen LogP contribution is 2.37. The van der Waals surface area contributed by atoms with Crippen molar-refractivity contribution >= 4 is 5.97 Å². The van der Waals surface area contributed by atoms with Crippen LogP contribution in [-0.2, 0) is 4.79 Å². The van der Waals surface area contributed by atoms with E-state index >= 15 is 0 Å². The van der Waals surface area contributed by atoms with Gasteiger partial charge in [-0.15, -0.1) is 0 Å². The molecule has 2 fully saturated rings. The number of allylic oxidation sites excluding steroid dienone is 2. The molecule has 2 rings (SSSR count). The second-order valence-corrected chi connectivity index (χ2v) is 8.67. The summed E-state index contributed by atoms with van der Waals surface area (Å²) in [6.45, 7) is 2.23. The van der Waals surface area contributed by atoms with Gasteiger partial charge in [-0.1, -0.05) is 50.5 Å². The van der Waals surface area contributed by atoms with Gasteiger partial charge in [-0.25, -0.2) is 0 Å². The van der Waals surface area contributed by atoms with Crippen LogP contribution in [-0.4, -0.2) is 44.7 Å². The Morgan fingerprint density at radius 2 is 1.82 bits per heavy atom. The third kappa shape index (κ3) is 7.02. The van der Waals surface area contributed by atoms with Crippen LogP contribution in [0.3, 0.4) is 0 Å². The summed E-state index contributed by atoms with van der Waals surface area (Å²) >= 11 is 0. The molecule has 0 bridgehead atoms. The standard InChI is InChI=1S/C23H38O5/c1-2-16-9-11-17(12-10-16)20(24)14-13-19-18(21(25)15-22(19)26)7-5-3-4-6-8-23(27)28/h3,5,13-14,16-22,24-26H,2,4,6-12,15H2,1H3,(H,27,28)/b5-3-,14-13+/t16?,17?,18-,19-,20-,21+,22-/m1/s1. The van der Waals surface area contributed by atoms with E-state index in [1.807, 2.05) is 24.3 Å². The molecule has 0 aliphatic heterocycles. The summed E-state index contributed by atoms with van der Waals surface area (Å²) in [5.74, 6) is 0.0981. The van der Waals surface area contributed by atoms with Crippen LogP contribution in [0.15, 0.2) is 24.3 Å². The molecule has 5 heteroatoms. The van der Waals surface area contributed by atoms with E-state index in [0.29, 0.717) is 31.6 Å². The van der Waals surface area contributed by atoms with Crippen molar-refractivity contribution in [3.05, 3.63) is 24.3 Å². The van der Waals surface area contributed by atoms with E-state index in [-0.39, 0.29) is 18.3 Å². The number of carboxylic acids is 1. The molecule has 2 saturated carbocycles. The number of carbonyl (C=O) groups is 1. The minimum atomic E-state index is -0.783. The van der Waals surface area contributed by atoms with Crippen LogP contribution in [0.2, 0.25) is 0 Å². The topological polar surface area (TPSA) is 98.0 Å². The number of hydrogen-bond donors (Lipinski definition) is 4. The number of aliphatic carboxylic acids is 1. The molecule has 0 amide bonds. The maximum Gasteiger partial charge on any atom is 0.303 e. The van der Waals surface area contributed by atoms with Crippen LogP contribution in [0.1, 0.15) is 71.1 Å². The minimum Gasteiger partial charge on any atom is -0.481 e. The van der Waals surface area contributed by atoms with Gasteiger partial charge in [-0.2, -0.15) is 0 Å². The highest BCUT2D eigenvalue weighted by molar-refractivity contribution is 5.66. The lowest BCUT2D eigenvalue weighted by molar-refractivity contribution is -0.137. The molecule has 0 radical (unpaired) electrons. The van der Waals surface area contributed by atoms with Crippen molar-refractivity contribution in [1.29, 1.82) is 0 Å². The Morgan fingerprint density at radius 3 is 2.46 bits per heavy atom. The van der Waals surface area contributed by atoms with Crippen LogP contribution in [0.4, 0.5) is 0 Å². The van der Waals surface area contributed by atoms with Crippen molar-refractivity contribution in [3.8, 4) is 0 Å². The molecular formula is C23H38O5. The smallest absolute Gasteiger partial charge is 0.303 e. The van der Waals surface area contributed by atoms with Crippen LogP contribution in [0.25, 0.3) is 0 Å². The van der Waals surface area contributed by atoms with Gasteiger partial charge in [0.25, 0.3) is 0 Å². The molecular weight excluding hydrogens is 356 g/mol. The van der Waals surface area contributed by atoms with E-state index in [0.717, 1.165) is 18.8 Å². The summed E-state index contributed by atoms with van der Waals surface area (Å²) in [5, 5.41) is 39.9. The van der Waals surface area contributed by atoms with Gasteiger partial charge in [0.1, 0.15) is 0 Å². The molecule has 0 aromatic carbocycles. The Kier molecular flexibility index (Phi) is 9.69. The zero-order valence-corrected chi connectivity index (χ0v) is 17.1. The normalized spacial score (nSPS) is 35.0. The first-order valence-corrected chi connectivity index (χ1v) is 11.0. The lowest BCUT2D eigenvalue weighted by Gasteiger charge is -2.30. The molecule has 2 aliphatic carbocycles. The van der Waals surface area contributed by atoms with Gasteiger partial charge in [-0.3, -0.25) is 4.79 Å². The maximum absolute atomic E-state index is 10.6. The van der Waals surface area contributed by atoms with Gasteiger partial charge in [0.2, 0.25) is 0 Å². The number of unbranched alkanes of at least 4 members (excludes halogenated alkanes) is 1. The molecule has 0 aromatic rings. The van der Waals surface area contributed by atoms with Gasteiger partial charge >= 0.3 is 5.97 Å². The number of hydrogen-bond acceptors (Lipinski definition) is 4. The minimum absolute atomic E-state index is 0.0648. The molecule has 5 atom stereocenters. The zero-order chi connectivity index (χ0) is 20.5. The lowest BCUT2D eigenvalue weighted by Crippen LogP contribution is -2.25. The van der Waals surface area contributed by atoms with Gasteiger partial charge in [0.15, 0.2) is 0 Å². The largest absolute Gasteiger partial charge is 0.481 e. The predicted molar refractivity (Wildman–Crippen MR) is 110 cm³/mol. The summed E-state index contributed by atoms with van der Waals surface area (Å²) in [6.07, 6.45) is 14.3. The maximum atomic E-state index is 10.6. The monoisotopic (exact) mass is 394 g/mol. The SMILES string of the molecule is CCC1CCC([C@H](O)/C=C/[C@@H]2[C@@H](C/C=C\CCCC(=O)O)[C@@H](O)C[C@H]2O)CC1. The summed E-state index contributed by atoms with van der Waals surface area (Å²) < 4.78 is 0. The molecule has 2 aliphatic rings. The zero-order valence-electron chi connectivity index (χ0n) is 17.1. The number of rotatable bonds is 10. The summed E-state index contributed by atoms with van der Waals surface area (Å²) in [4.78, 5) is 10.5. The first-order chi connectivity index (χ1) is 13.4. The molecule has 5 nitrogen and oxygen atoms in total. The average Bonchev–Trinajstić information content (AvgIpc) is 2.95. The number of carboxylic acid groups (broad SMARTS) is 1. The second kappa shape index (κ2) is 11.7. The third-order valence-corrected chi connectivity index (χ3v) is 6.73. The number of aliphatic hydroxyl groups excluding tert-OH is 3. The summed E-state index contributed by atoms with van der Waals surface area (Å²) in [6, 6.07) is 0. The molecule has 0 aromatic heterocycles. The fourth-order valence-electron chi connectivity index (χ4n) is 4.79. The van der Waals surface area contributed by atoms with Crippen molar-refractivity contribution in [3.63, 3.8) is 0 Å². The summed E-state index contributed by atoms with van der Waals surface area (Å²) in [5.41, 5.74) is 0. The van der Waals surface area contributed by atoms with E-state index in [1.165, 1.54) is 19.3 Å². The Balaban J connectivity index is 1.84. The van der Waals surface area contributed by atoms with Crippen molar-refractivity contribution in [2.75, 3.05) is 0 Å². The van der Waals surface area contributed by atoms with Crippen molar-refractivity contribution in [1.82, 2.24) is 0 Å². The van der Waals surface area contributed by atoms with Gasteiger partial charge in [-0.05, 0) is 49.9 Å². The van der Waals surface area contributed by atoms with E-state index in [4.69, 9.17) is 5.11 Å². The highest BCUT2D eigenvalue weighted by Gasteiger charge is 2.39. The number of aliphatic hydroxyl groups is 3. The Hall–Kier alpha value is -1.17. The Labute approximate surface area is 169 Å². The third-order valence-electron chi connectivity index (χ3n) is 6.73. The predicted octanol–water partition coefficient (Wildman–Crippen LogP) is 3.68. The first-order valence-electron chi connectivity index (χ1n) is 11.0. The second-order valence-electron chi connectivity index (χ2n) is 8.67. The first kappa shape index (κ1) is 23.1. The molecule has 0 spiro atoms. The highest BCUT2D eigenvalue weighted by atomic mass is 16.4. The fraction of sp³-hybridized carbons (Fsp3) is 0.783. The molecule has 0 saturated heterocycles. The van der Waals surface area contributed by atoms with Gasteiger partial charge in [0, 0.05) is 18.8 Å². The van der Waals surface area contributed by atoms with Gasteiger partial charge < -0.3 is 20.4 Å². The van der Waals surface area contributed by atoms with E-state index in [2.05, 4.69) is 6.92 Å². The van der Waals surface area contributed by atoms with Crippen LogP contribution < -0.4 is 0 Å². The lowest BCUT2D eigenvalue weighted by atomic mass is 9.78. The Bertz CT molecular complexity index is 521. The van der Waals surface area contributed by atoms with Crippen LogP contribution in [0.5, 0.6) is 0 Å². The van der Waals surface area contributed by atoms with Crippen molar-refractivity contribution < 1.29 is 25.2 Å². The molecule has 0 unspecified atom stereocenters. The van der Waals surface area contributed by atoms with Crippen LogP contribution >= 0.6 is 0 Å². The van der Waals surface area contributed by atoms with E-state index < -0.39 is 24.3 Å². The summed E-state index contributed by atoms with van der Waals surface area (Å²) in [7, 11) is 0. The van der Waals surface area contributed by atoms with Crippen molar-refractivity contribution in [2.24, 2.45) is 23.7 Å². The van der Waals surface area contributed by atoms with E-state index in [9.17, 15) is 20.1 Å². The average molecular weight is 395 g/mol. The molecule has 0 heterocycles. The van der Waals surface area contributed by atoms with Crippen LogP contribution in [0, 0.1) is 23.7 Å². The molecule has 28 heavy (non-hydrogen) atoms. The fourth-order valence-corrected chi connectivity index (χ4v) is 4.79. The molecule has 160 valence electrons. The quantitative estimate of drug-likeness (QED) is 0.335. The van der Waals surface area contributed by atoms with Crippen molar-refractivity contribution in [2.45, 2.75) is 89.4 Å². The Morgan fingerprint density at radius 1 is 1.11 bits per heavy atom.